The van der Waals surface area contributed by atoms with Crippen molar-refractivity contribution in [3.8, 4) is 0 Å². The fraction of sp³-hybridized carbons (Fsp3) is 0.261. The Morgan fingerprint density at radius 3 is 2.44 bits per heavy atom. The highest BCUT2D eigenvalue weighted by atomic mass is 19.1. The molecule has 32 heavy (non-hydrogen) atoms. The van der Waals surface area contributed by atoms with Crippen molar-refractivity contribution >= 4 is 28.6 Å². The highest BCUT2D eigenvalue weighted by molar-refractivity contribution is 6.07. The van der Waals surface area contributed by atoms with Gasteiger partial charge in [0, 0.05) is 24.5 Å². The van der Waals surface area contributed by atoms with Crippen LogP contribution in [0.5, 0.6) is 0 Å². The van der Waals surface area contributed by atoms with Gasteiger partial charge in [0.1, 0.15) is 5.82 Å². The van der Waals surface area contributed by atoms with E-state index in [0.29, 0.717) is 23.6 Å². The van der Waals surface area contributed by atoms with E-state index in [1.807, 2.05) is 0 Å². The van der Waals surface area contributed by atoms with Gasteiger partial charge in [0.2, 0.25) is 0 Å². The number of imide groups is 1. The summed E-state index contributed by atoms with van der Waals surface area (Å²) < 4.78 is 19.7. The average Bonchev–Trinajstić information content (AvgIpc) is 2.97. The Balaban J connectivity index is 1.60. The number of benzene rings is 2. The first-order chi connectivity index (χ1) is 15.4. The first-order valence-corrected chi connectivity index (χ1v) is 10.1. The maximum Gasteiger partial charge on any atom is 0.360 e. The maximum atomic E-state index is 13.2. The van der Waals surface area contributed by atoms with Gasteiger partial charge in [-0.15, -0.1) is 0 Å². The van der Waals surface area contributed by atoms with E-state index >= 15 is 0 Å². The van der Waals surface area contributed by atoms with E-state index in [1.54, 1.807) is 24.3 Å². The SMILES string of the molecule is Cn1nc(C(=O)O[C@@H]2CCCCN(C(=O)c3ccc(F)cc3)C2=O)c2ccccc2c1=O. The van der Waals surface area contributed by atoms with E-state index in [-0.39, 0.29) is 29.8 Å². The monoisotopic (exact) mass is 437 g/mol. The van der Waals surface area contributed by atoms with Crippen LogP contribution in [0, 0.1) is 5.82 Å². The number of halogens is 1. The van der Waals surface area contributed by atoms with Crippen LogP contribution in [-0.2, 0) is 16.6 Å². The lowest BCUT2D eigenvalue weighted by Crippen LogP contribution is -2.43. The van der Waals surface area contributed by atoms with Gasteiger partial charge in [-0.05, 0) is 49.6 Å². The number of likely N-dealkylation sites (tertiary alicyclic amines) is 1. The first kappa shape index (κ1) is 21.4. The predicted molar refractivity (Wildman–Crippen MR) is 112 cm³/mol. The number of aromatic nitrogens is 2. The Bertz CT molecular complexity index is 1270. The molecule has 0 bridgehead atoms. The van der Waals surface area contributed by atoms with E-state index in [9.17, 15) is 23.6 Å². The molecule has 1 aliphatic heterocycles. The number of hydrogen-bond donors (Lipinski definition) is 0. The second kappa shape index (κ2) is 8.70. The third-order valence-corrected chi connectivity index (χ3v) is 5.37. The largest absolute Gasteiger partial charge is 0.447 e. The van der Waals surface area contributed by atoms with Gasteiger partial charge in [-0.25, -0.2) is 13.9 Å². The zero-order valence-electron chi connectivity index (χ0n) is 17.3. The number of esters is 1. The zero-order chi connectivity index (χ0) is 22.8. The number of carbonyl (C=O) groups excluding carboxylic acids is 3. The number of ether oxygens (including phenoxy) is 1. The summed E-state index contributed by atoms with van der Waals surface area (Å²) in [6, 6.07) is 11.4. The Hall–Kier alpha value is -3.88. The second-order valence-electron chi connectivity index (χ2n) is 7.51. The zero-order valence-corrected chi connectivity index (χ0v) is 17.3. The molecule has 2 amide bonds. The smallest absolute Gasteiger partial charge is 0.360 e. The fourth-order valence-electron chi connectivity index (χ4n) is 3.70. The molecule has 4 rings (SSSR count). The number of aryl methyl sites for hydroxylation is 1. The molecule has 0 radical (unpaired) electrons. The standard InChI is InChI=1S/C23H20FN3O5/c1-26-21(29)17-7-3-2-6-16(17)19(25-26)23(31)32-18-8-4-5-13-27(22(18)30)20(28)14-9-11-15(24)12-10-14/h2-3,6-7,9-12,18H,4-5,8,13H2,1H3/t18-/m1/s1. The van der Waals surface area contributed by atoms with E-state index in [0.717, 1.165) is 21.7 Å². The molecule has 1 fully saturated rings. The van der Waals surface area contributed by atoms with Crippen molar-refractivity contribution in [2.75, 3.05) is 6.54 Å². The van der Waals surface area contributed by atoms with Crippen LogP contribution in [-0.4, -0.2) is 45.1 Å². The van der Waals surface area contributed by atoms with Gasteiger partial charge < -0.3 is 4.74 Å². The summed E-state index contributed by atoms with van der Waals surface area (Å²) in [6.45, 7) is 0.171. The molecule has 0 saturated carbocycles. The van der Waals surface area contributed by atoms with Gasteiger partial charge >= 0.3 is 5.97 Å². The van der Waals surface area contributed by atoms with Crippen LogP contribution >= 0.6 is 0 Å². The topological polar surface area (TPSA) is 98.6 Å². The summed E-state index contributed by atoms with van der Waals surface area (Å²) in [5, 5.41) is 4.65. The molecule has 1 atom stereocenters. The molecule has 2 heterocycles. The second-order valence-corrected chi connectivity index (χ2v) is 7.51. The molecule has 164 valence electrons. The van der Waals surface area contributed by atoms with Gasteiger partial charge in [0.15, 0.2) is 11.8 Å². The first-order valence-electron chi connectivity index (χ1n) is 10.1. The summed E-state index contributed by atoms with van der Waals surface area (Å²) in [7, 11) is 1.42. The highest BCUT2D eigenvalue weighted by Gasteiger charge is 2.35. The lowest BCUT2D eigenvalue weighted by Gasteiger charge is -2.23. The average molecular weight is 437 g/mol. The van der Waals surface area contributed by atoms with Crippen molar-refractivity contribution in [1.82, 2.24) is 14.7 Å². The fourth-order valence-corrected chi connectivity index (χ4v) is 3.70. The predicted octanol–water partition coefficient (Wildman–Crippen LogP) is 2.45. The summed E-state index contributed by atoms with van der Waals surface area (Å²) >= 11 is 0. The van der Waals surface area contributed by atoms with E-state index in [4.69, 9.17) is 4.74 Å². The van der Waals surface area contributed by atoms with Crippen LogP contribution in [0.2, 0.25) is 0 Å². The van der Waals surface area contributed by atoms with Gasteiger partial charge in [-0.1, -0.05) is 18.2 Å². The molecular weight excluding hydrogens is 417 g/mol. The van der Waals surface area contributed by atoms with Crippen molar-refractivity contribution in [1.29, 1.82) is 0 Å². The number of hydrogen-bond acceptors (Lipinski definition) is 6. The minimum absolute atomic E-state index is 0.0869. The molecule has 1 aliphatic rings. The molecule has 0 spiro atoms. The van der Waals surface area contributed by atoms with Crippen molar-refractivity contribution in [2.24, 2.45) is 7.05 Å². The molecular formula is C23H20FN3O5. The molecule has 2 aromatic carbocycles. The molecule has 0 aliphatic carbocycles. The summed E-state index contributed by atoms with van der Waals surface area (Å²) in [5.74, 6) is -2.57. The quantitative estimate of drug-likeness (QED) is 0.461. The summed E-state index contributed by atoms with van der Waals surface area (Å²) in [6.07, 6.45) is 0.195. The lowest BCUT2D eigenvalue weighted by molar-refractivity contribution is -0.137. The normalized spacial score (nSPS) is 16.6. The number of fused-ring (bicyclic) bond motifs is 1. The van der Waals surface area contributed by atoms with E-state index < -0.39 is 29.7 Å². The van der Waals surface area contributed by atoms with Crippen LogP contribution in [0.15, 0.2) is 53.3 Å². The molecule has 0 N–H and O–H groups in total. The minimum Gasteiger partial charge on any atom is -0.447 e. The van der Waals surface area contributed by atoms with Crippen molar-refractivity contribution < 1.29 is 23.5 Å². The number of rotatable bonds is 3. The molecule has 8 nitrogen and oxygen atoms in total. The van der Waals surface area contributed by atoms with Crippen LogP contribution in [0.25, 0.3) is 10.8 Å². The number of nitrogens with zero attached hydrogens (tertiary/aromatic N) is 3. The van der Waals surface area contributed by atoms with Crippen LogP contribution in [0.1, 0.15) is 40.1 Å². The molecule has 3 aromatic rings. The van der Waals surface area contributed by atoms with Gasteiger partial charge in [-0.2, -0.15) is 5.10 Å². The van der Waals surface area contributed by atoms with Crippen molar-refractivity contribution in [3.05, 3.63) is 76.0 Å². The summed E-state index contributed by atoms with van der Waals surface area (Å²) in [4.78, 5) is 52.1. The van der Waals surface area contributed by atoms with Crippen LogP contribution in [0.3, 0.4) is 0 Å². The van der Waals surface area contributed by atoms with Gasteiger partial charge in [-0.3, -0.25) is 19.3 Å². The van der Waals surface area contributed by atoms with E-state index in [1.165, 1.54) is 19.2 Å². The Morgan fingerprint density at radius 1 is 1.03 bits per heavy atom. The van der Waals surface area contributed by atoms with Gasteiger partial charge in [0.05, 0.1) is 5.39 Å². The van der Waals surface area contributed by atoms with Crippen LogP contribution < -0.4 is 5.56 Å². The van der Waals surface area contributed by atoms with Crippen LogP contribution in [0.4, 0.5) is 4.39 Å². The molecule has 1 saturated heterocycles. The molecule has 9 heteroatoms. The van der Waals surface area contributed by atoms with Gasteiger partial charge in [0.25, 0.3) is 17.4 Å². The Labute approximate surface area is 182 Å². The molecule has 0 unspecified atom stereocenters. The Morgan fingerprint density at radius 2 is 1.72 bits per heavy atom. The maximum absolute atomic E-state index is 13.2. The lowest BCUT2D eigenvalue weighted by atomic mass is 10.1. The van der Waals surface area contributed by atoms with Crippen molar-refractivity contribution in [3.63, 3.8) is 0 Å². The number of carbonyl (C=O) groups is 3. The minimum atomic E-state index is -1.17. The third-order valence-electron chi connectivity index (χ3n) is 5.37. The van der Waals surface area contributed by atoms with E-state index in [2.05, 4.69) is 5.10 Å². The van der Waals surface area contributed by atoms with Crippen molar-refractivity contribution in [2.45, 2.75) is 25.4 Å². The number of amides is 2. The highest BCUT2D eigenvalue weighted by Crippen LogP contribution is 2.21. The molecule has 1 aromatic heterocycles. The Kier molecular flexibility index (Phi) is 5.81. The third kappa shape index (κ3) is 4.01. The summed E-state index contributed by atoms with van der Waals surface area (Å²) in [5.41, 5.74) is -0.285.